The minimum absolute atomic E-state index is 0.383. The fourth-order valence-electron chi connectivity index (χ4n) is 3.00. The fraction of sp³-hybridized carbons (Fsp3) is 0.867. The van der Waals surface area contributed by atoms with E-state index in [2.05, 4.69) is 29.3 Å². The molecule has 0 amide bonds. The molecule has 1 aromatic rings. The van der Waals surface area contributed by atoms with Gasteiger partial charge in [-0.1, -0.05) is 24.9 Å². The lowest BCUT2D eigenvalue weighted by atomic mass is 9.80. The molecule has 1 N–H and O–H groups in total. The first-order valence-corrected chi connectivity index (χ1v) is 7.72. The summed E-state index contributed by atoms with van der Waals surface area (Å²) in [5, 5.41) is 7.38. The first kappa shape index (κ1) is 14.5. The quantitative estimate of drug-likeness (QED) is 0.857. The molecule has 1 atom stereocenters. The Labute approximate surface area is 116 Å². The van der Waals surface area contributed by atoms with Crippen molar-refractivity contribution < 1.29 is 4.52 Å². The highest BCUT2D eigenvalue weighted by Gasteiger charge is 2.25. The van der Waals surface area contributed by atoms with Crippen molar-refractivity contribution in [2.45, 2.75) is 70.8 Å². The van der Waals surface area contributed by atoms with Crippen molar-refractivity contribution in [2.75, 3.05) is 7.05 Å². The zero-order chi connectivity index (χ0) is 13.7. The van der Waals surface area contributed by atoms with Crippen LogP contribution < -0.4 is 5.32 Å². The van der Waals surface area contributed by atoms with E-state index in [0.717, 1.165) is 24.1 Å². The van der Waals surface area contributed by atoms with Gasteiger partial charge in [0, 0.05) is 18.4 Å². The topological polar surface area (TPSA) is 51.0 Å². The molecular weight excluding hydrogens is 238 g/mol. The Morgan fingerprint density at radius 2 is 2.05 bits per heavy atom. The lowest BCUT2D eigenvalue weighted by Gasteiger charge is -2.26. The van der Waals surface area contributed by atoms with Gasteiger partial charge in [0.1, 0.15) is 0 Å². The number of hydrogen-bond acceptors (Lipinski definition) is 4. The van der Waals surface area contributed by atoms with Gasteiger partial charge < -0.3 is 9.84 Å². The van der Waals surface area contributed by atoms with Crippen molar-refractivity contribution >= 4 is 0 Å². The summed E-state index contributed by atoms with van der Waals surface area (Å²) in [6.45, 7) is 4.40. The Bertz CT molecular complexity index is 369. The van der Waals surface area contributed by atoms with Crippen molar-refractivity contribution in [3.8, 4) is 0 Å². The standard InChI is InChI=1S/C15H27N3O/c1-4-5-12-6-8-13(9-7-12)15-17-14(19-18-15)10-11(2)16-3/h11-13,16H,4-10H2,1-3H3. The van der Waals surface area contributed by atoms with E-state index in [-0.39, 0.29) is 0 Å². The van der Waals surface area contributed by atoms with Gasteiger partial charge in [-0.3, -0.25) is 0 Å². The maximum atomic E-state index is 5.36. The van der Waals surface area contributed by atoms with Gasteiger partial charge in [0.05, 0.1) is 0 Å². The first-order chi connectivity index (χ1) is 9.22. The van der Waals surface area contributed by atoms with Crippen LogP contribution in [0.15, 0.2) is 4.52 Å². The number of nitrogens with one attached hydrogen (secondary N) is 1. The molecule has 2 rings (SSSR count). The van der Waals surface area contributed by atoms with Crippen molar-refractivity contribution in [1.82, 2.24) is 15.5 Å². The summed E-state index contributed by atoms with van der Waals surface area (Å²) in [5.74, 6) is 3.16. The number of aromatic nitrogens is 2. The molecule has 19 heavy (non-hydrogen) atoms. The van der Waals surface area contributed by atoms with Crippen LogP contribution in [-0.4, -0.2) is 23.2 Å². The average Bonchev–Trinajstić information content (AvgIpc) is 2.88. The normalized spacial score (nSPS) is 25.4. The van der Waals surface area contributed by atoms with E-state index >= 15 is 0 Å². The molecule has 1 fully saturated rings. The first-order valence-electron chi connectivity index (χ1n) is 7.72. The fourth-order valence-corrected chi connectivity index (χ4v) is 3.00. The zero-order valence-corrected chi connectivity index (χ0v) is 12.5. The van der Waals surface area contributed by atoms with Crippen LogP contribution in [0.3, 0.4) is 0 Å². The van der Waals surface area contributed by atoms with Gasteiger partial charge in [0.15, 0.2) is 5.82 Å². The van der Waals surface area contributed by atoms with E-state index < -0.39 is 0 Å². The van der Waals surface area contributed by atoms with E-state index in [4.69, 9.17) is 4.52 Å². The molecule has 1 aromatic heterocycles. The van der Waals surface area contributed by atoms with Crippen LogP contribution in [0.4, 0.5) is 0 Å². The van der Waals surface area contributed by atoms with Crippen LogP contribution >= 0.6 is 0 Å². The summed E-state index contributed by atoms with van der Waals surface area (Å²) >= 11 is 0. The van der Waals surface area contributed by atoms with Crippen LogP contribution in [0.25, 0.3) is 0 Å². The summed E-state index contributed by atoms with van der Waals surface area (Å²) in [6.07, 6.45) is 8.61. The third kappa shape index (κ3) is 4.03. The van der Waals surface area contributed by atoms with Gasteiger partial charge in [0.25, 0.3) is 0 Å². The Kier molecular flexibility index (Phi) is 5.37. The molecule has 0 saturated heterocycles. The molecule has 108 valence electrons. The van der Waals surface area contributed by atoms with Crippen molar-refractivity contribution in [3.05, 3.63) is 11.7 Å². The minimum atomic E-state index is 0.383. The van der Waals surface area contributed by atoms with E-state index in [1.54, 1.807) is 0 Å². The highest BCUT2D eigenvalue weighted by atomic mass is 16.5. The molecule has 0 bridgehead atoms. The largest absolute Gasteiger partial charge is 0.339 e. The molecule has 0 spiro atoms. The number of rotatable bonds is 6. The van der Waals surface area contributed by atoms with Gasteiger partial charge in [0.2, 0.25) is 5.89 Å². The van der Waals surface area contributed by atoms with Crippen LogP contribution in [-0.2, 0) is 6.42 Å². The average molecular weight is 265 g/mol. The number of likely N-dealkylation sites (N-methyl/N-ethyl adjacent to an activating group) is 1. The third-order valence-electron chi connectivity index (χ3n) is 4.37. The lowest BCUT2D eigenvalue weighted by Crippen LogP contribution is -2.23. The van der Waals surface area contributed by atoms with Crippen LogP contribution in [0.1, 0.15) is 70.0 Å². The second kappa shape index (κ2) is 7.04. The van der Waals surface area contributed by atoms with Gasteiger partial charge in [-0.25, -0.2) is 0 Å². The van der Waals surface area contributed by atoms with Gasteiger partial charge in [-0.05, 0) is 45.6 Å². The second-order valence-corrected chi connectivity index (χ2v) is 5.95. The van der Waals surface area contributed by atoms with Crippen LogP contribution in [0, 0.1) is 5.92 Å². The highest BCUT2D eigenvalue weighted by Crippen LogP contribution is 2.36. The zero-order valence-electron chi connectivity index (χ0n) is 12.5. The maximum Gasteiger partial charge on any atom is 0.228 e. The summed E-state index contributed by atoms with van der Waals surface area (Å²) in [7, 11) is 1.96. The van der Waals surface area contributed by atoms with Gasteiger partial charge in [-0.2, -0.15) is 4.98 Å². The summed E-state index contributed by atoms with van der Waals surface area (Å²) in [4.78, 5) is 4.58. The van der Waals surface area contributed by atoms with Crippen molar-refractivity contribution in [2.24, 2.45) is 5.92 Å². The molecule has 1 saturated carbocycles. The molecule has 1 aliphatic rings. The van der Waals surface area contributed by atoms with E-state index in [9.17, 15) is 0 Å². The second-order valence-electron chi connectivity index (χ2n) is 5.95. The highest BCUT2D eigenvalue weighted by molar-refractivity contribution is 4.98. The minimum Gasteiger partial charge on any atom is -0.339 e. The number of nitrogens with zero attached hydrogens (tertiary/aromatic N) is 2. The predicted molar refractivity (Wildman–Crippen MR) is 76.1 cm³/mol. The van der Waals surface area contributed by atoms with Gasteiger partial charge >= 0.3 is 0 Å². The molecule has 1 unspecified atom stereocenters. The van der Waals surface area contributed by atoms with E-state index in [0.29, 0.717) is 12.0 Å². The predicted octanol–water partition coefficient (Wildman–Crippen LogP) is 3.29. The molecule has 1 aliphatic carbocycles. The SMILES string of the molecule is CCCC1CCC(c2noc(CC(C)NC)n2)CC1. The molecule has 1 heterocycles. The van der Waals surface area contributed by atoms with Crippen LogP contribution in [0.2, 0.25) is 0 Å². The summed E-state index contributed by atoms with van der Waals surface area (Å²) in [5.41, 5.74) is 0. The summed E-state index contributed by atoms with van der Waals surface area (Å²) < 4.78 is 5.36. The molecule has 4 nitrogen and oxygen atoms in total. The molecule has 0 aromatic carbocycles. The van der Waals surface area contributed by atoms with E-state index in [1.165, 1.54) is 38.5 Å². The van der Waals surface area contributed by atoms with Crippen LogP contribution in [0.5, 0.6) is 0 Å². The molecular formula is C15H27N3O. The van der Waals surface area contributed by atoms with Crippen molar-refractivity contribution in [1.29, 1.82) is 0 Å². The maximum absolute atomic E-state index is 5.36. The monoisotopic (exact) mass is 265 g/mol. The third-order valence-corrected chi connectivity index (χ3v) is 4.37. The smallest absolute Gasteiger partial charge is 0.228 e. The Balaban J connectivity index is 1.86. The lowest BCUT2D eigenvalue weighted by molar-refractivity contribution is 0.294. The summed E-state index contributed by atoms with van der Waals surface area (Å²) in [6, 6.07) is 0.383. The Morgan fingerprint density at radius 1 is 1.32 bits per heavy atom. The molecule has 0 aliphatic heterocycles. The molecule has 4 heteroatoms. The Hall–Kier alpha value is -0.900. The van der Waals surface area contributed by atoms with E-state index in [1.807, 2.05) is 7.05 Å². The molecule has 0 radical (unpaired) electrons. The van der Waals surface area contributed by atoms with Gasteiger partial charge in [-0.15, -0.1) is 0 Å². The van der Waals surface area contributed by atoms with Crippen molar-refractivity contribution in [3.63, 3.8) is 0 Å². The number of hydrogen-bond donors (Lipinski definition) is 1. The Morgan fingerprint density at radius 3 is 2.68 bits per heavy atom.